The van der Waals surface area contributed by atoms with Gasteiger partial charge in [0.15, 0.2) is 0 Å². The number of hydrogen-bond acceptors (Lipinski definition) is 2. The van der Waals surface area contributed by atoms with Crippen molar-refractivity contribution in [1.82, 2.24) is 4.57 Å². The number of unbranched alkanes of at least 4 members (excludes halogenated alkanes) is 1. The van der Waals surface area contributed by atoms with Crippen LogP contribution in [0.15, 0.2) is 29.2 Å². The van der Waals surface area contributed by atoms with E-state index in [1.165, 1.54) is 0 Å². The quantitative estimate of drug-likeness (QED) is 0.858. The van der Waals surface area contributed by atoms with E-state index in [9.17, 15) is 9.59 Å². The molecule has 1 heterocycles. The molecule has 106 valence electrons. The lowest BCUT2D eigenvalue weighted by molar-refractivity contribution is -0.137. The van der Waals surface area contributed by atoms with Crippen molar-refractivity contribution in [3.05, 3.63) is 44.8 Å². The summed E-state index contributed by atoms with van der Waals surface area (Å²) in [6.45, 7) is 0.488. The van der Waals surface area contributed by atoms with Crippen molar-refractivity contribution >= 4 is 39.9 Å². The van der Waals surface area contributed by atoms with Crippen LogP contribution in [0, 0.1) is 0 Å². The maximum atomic E-state index is 12.3. The monoisotopic (exact) mass is 313 g/mol. The molecule has 6 heteroatoms. The van der Waals surface area contributed by atoms with E-state index in [0.29, 0.717) is 40.2 Å². The van der Waals surface area contributed by atoms with Gasteiger partial charge in [-0.3, -0.25) is 9.59 Å². The normalized spacial score (nSPS) is 10.9. The maximum absolute atomic E-state index is 12.3. The zero-order valence-corrected chi connectivity index (χ0v) is 12.1. The maximum Gasteiger partial charge on any atom is 0.303 e. The predicted molar refractivity (Wildman–Crippen MR) is 79.7 cm³/mol. The van der Waals surface area contributed by atoms with Crippen molar-refractivity contribution in [2.75, 3.05) is 0 Å². The summed E-state index contributed by atoms with van der Waals surface area (Å²) >= 11 is 12.0. The van der Waals surface area contributed by atoms with Gasteiger partial charge >= 0.3 is 5.97 Å². The third-order valence-electron chi connectivity index (χ3n) is 3.08. The molecule has 4 nitrogen and oxygen atoms in total. The molecule has 20 heavy (non-hydrogen) atoms. The summed E-state index contributed by atoms with van der Waals surface area (Å²) < 4.78 is 1.56. The smallest absolute Gasteiger partial charge is 0.303 e. The molecule has 0 amide bonds. The number of aryl methyl sites for hydroxylation is 1. The van der Waals surface area contributed by atoms with Gasteiger partial charge in [-0.05, 0) is 31.0 Å². The second kappa shape index (κ2) is 6.29. The number of carboxylic acids is 1. The molecule has 1 aromatic heterocycles. The van der Waals surface area contributed by atoms with Crippen molar-refractivity contribution in [1.29, 1.82) is 0 Å². The molecular weight excluding hydrogens is 301 g/mol. The van der Waals surface area contributed by atoms with Crippen molar-refractivity contribution in [3.8, 4) is 0 Å². The van der Waals surface area contributed by atoms with Crippen LogP contribution in [0.4, 0.5) is 0 Å². The minimum absolute atomic E-state index is 0.115. The third kappa shape index (κ3) is 3.14. The average Bonchev–Trinajstić information content (AvgIpc) is 2.41. The van der Waals surface area contributed by atoms with Gasteiger partial charge < -0.3 is 9.67 Å². The molecule has 0 aliphatic heterocycles. The fourth-order valence-corrected chi connectivity index (χ4v) is 2.43. The molecule has 0 radical (unpaired) electrons. The molecule has 0 unspecified atom stereocenters. The van der Waals surface area contributed by atoms with Gasteiger partial charge in [0.05, 0.1) is 10.0 Å². The first-order chi connectivity index (χ1) is 9.50. The zero-order valence-electron chi connectivity index (χ0n) is 10.6. The minimum atomic E-state index is -0.822. The fraction of sp³-hybridized carbons (Fsp3) is 0.286. The van der Waals surface area contributed by atoms with Crippen LogP contribution in [0.3, 0.4) is 0 Å². The van der Waals surface area contributed by atoms with E-state index in [4.69, 9.17) is 28.3 Å². The van der Waals surface area contributed by atoms with Crippen molar-refractivity contribution in [2.45, 2.75) is 25.8 Å². The summed E-state index contributed by atoms with van der Waals surface area (Å²) in [5.74, 6) is -0.822. The lowest BCUT2D eigenvalue weighted by Crippen LogP contribution is -2.19. The number of hydrogen-bond donors (Lipinski definition) is 1. The average molecular weight is 314 g/mol. The van der Waals surface area contributed by atoms with Gasteiger partial charge in [0.2, 0.25) is 0 Å². The Morgan fingerprint density at radius 1 is 1.15 bits per heavy atom. The second-order valence-corrected chi connectivity index (χ2v) is 5.27. The second-order valence-electron chi connectivity index (χ2n) is 4.49. The van der Waals surface area contributed by atoms with Crippen molar-refractivity contribution in [3.63, 3.8) is 0 Å². The molecule has 1 aromatic carbocycles. The Morgan fingerprint density at radius 3 is 2.60 bits per heavy atom. The lowest BCUT2D eigenvalue weighted by atomic mass is 10.1. The molecule has 0 atom stereocenters. The molecule has 0 saturated carbocycles. The summed E-state index contributed by atoms with van der Waals surface area (Å²) in [5, 5.41) is 10.5. The molecule has 2 aromatic rings. The number of benzene rings is 1. The molecule has 0 aliphatic carbocycles. The SMILES string of the molecule is O=C(O)CCCCn1ccc2c(Cl)c(Cl)ccc2c1=O. The predicted octanol–water partition coefficient (Wildman–Crippen LogP) is 3.56. The first kappa shape index (κ1) is 14.9. The Balaban J connectivity index is 2.24. The first-order valence-corrected chi connectivity index (χ1v) is 6.95. The molecular formula is C14H13Cl2NO3. The van der Waals surface area contributed by atoms with Gasteiger partial charge in [-0.2, -0.15) is 0 Å². The van der Waals surface area contributed by atoms with Crippen molar-refractivity contribution < 1.29 is 9.90 Å². The number of carboxylic acid groups (broad SMARTS) is 1. The van der Waals surface area contributed by atoms with Gasteiger partial charge in [0, 0.05) is 29.9 Å². The standard InChI is InChI=1S/C14H13Cl2NO3/c15-11-5-4-10-9(13(11)16)6-8-17(14(10)20)7-2-1-3-12(18)19/h4-6,8H,1-3,7H2,(H,18,19). The number of pyridine rings is 1. The van der Waals surface area contributed by atoms with Gasteiger partial charge in [-0.25, -0.2) is 0 Å². The van der Waals surface area contributed by atoms with E-state index < -0.39 is 5.97 Å². The highest BCUT2D eigenvalue weighted by Crippen LogP contribution is 2.28. The van der Waals surface area contributed by atoms with Crippen LogP contribution in [0.25, 0.3) is 10.8 Å². The van der Waals surface area contributed by atoms with Gasteiger partial charge in [-0.1, -0.05) is 23.2 Å². The Labute approximate surface area is 125 Å². The highest BCUT2D eigenvalue weighted by Gasteiger charge is 2.08. The van der Waals surface area contributed by atoms with Crippen molar-refractivity contribution in [2.24, 2.45) is 0 Å². The van der Waals surface area contributed by atoms with E-state index >= 15 is 0 Å². The summed E-state index contributed by atoms with van der Waals surface area (Å²) in [4.78, 5) is 22.7. The largest absolute Gasteiger partial charge is 0.481 e. The van der Waals surface area contributed by atoms with E-state index in [2.05, 4.69) is 0 Å². The molecule has 0 saturated heterocycles. The van der Waals surface area contributed by atoms with E-state index in [1.807, 2.05) is 0 Å². The number of halogens is 2. The topological polar surface area (TPSA) is 59.3 Å². The fourth-order valence-electron chi connectivity index (χ4n) is 2.04. The molecule has 2 rings (SSSR count). The number of aliphatic carboxylic acids is 1. The van der Waals surface area contributed by atoms with Gasteiger partial charge in [0.1, 0.15) is 0 Å². The van der Waals surface area contributed by atoms with Crippen LogP contribution in [0.5, 0.6) is 0 Å². The zero-order chi connectivity index (χ0) is 14.7. The molecule has 1 N–H and O–H groups in total. The number of nitrogens with zero attached hydrogens (tertiary/aromatic N) is 1. The van der Waals surface area contributed by atoms with Gasteiger partial charge in [-0.15, -0.1) is 0 Å². The summed E-state index contributed by atoms with van der Waals surface area (Å²) in [7, 11) is 0. The Kier molecular flexibility index (Phi) is 4.68. The number of fused-ring (bicyclic) bond motifs is 1. The lowest BCUT2D eigenvalue weighted by Gasteiger charge is -2.08. The summed E-state index contributed by atoms with van der Waals surface area (Å²) in [5.41, 5.74) is -0.142. The Bertz CT molecular complexity index is 709. The number of carbonyl (C=O) groups is 1. The first-order valence-electron chi connectivity index (χ1n) is 6.19. The number of rotatable bonds is 5. The highest BCUT2D eigenvalue weighted by molar-refractivity contribution is 6.45. The van der Waals surface area contributed by atoms with Crippen LogP contribution in [0.1, 0.15) is 19.3 Å². The van der Waals surface area contributed by atoms with E-state index in [1.54, 1.807) is 29.0 Å². The van der Waals surface area contributed by atoms with Gasteiger partial charge in [0.25, 0.3) is 5.56 Å². The third-order valence-corrected chi connectivity index (χ3v) is 3.90. The van der Waals surface area contributed by atoms with Crippen LogP contribution in [0.2, 0.25) is 10.0 Å². The number of aromatic nitrogens is 1. The molecule has 0 aliphatic rings. The Morgan fingerprint density at radius 2 is 1.90 bits per heavy atom. The molecule has 0 fully saturated rings. The van der Waals surface area contributed by atoms with Crippen LogP contribution in [-0.2, 0) is 11.3 Å². The minimum Gasteiger partial charge on any atom is -0.481 e. The Hall–Kier alpha value is -1.52. The van der Waals surface area contributed by atoms with E-state index in [0.717, 1.165) is 0 Å². The summed E-state index contributed by atoms with van der Waals surface area (Å²) in [6, 6.07) is 5.00. The summed E-state index contributed by atoms with van der Waals surface area (Å²) in [6.07, 6.45) is 2.96. The molecule has 0 spiro atoms. The van der Waals surface area contributed by atoms with Crippen LogP contribution < -0.4 is 5.56 Å². The highest BCUT2D eigenvalue weighted by atomic mass is 35.5. The van der Waals surface area contributed by atoms with Crippen LogP contribution in [-0.4, -0.2) is 15.6 Å². The molecule has 0 bridgehead atoms. The van der Waals surface area contributed by atoms with E-state index in [-0.39, 0.29) is 12.0 Å². The van der Waals surface area contributed by atoms with Crippen LogP contribution >= 0.6 is 23.2 Å².